The van der Waals surface area contributed by atoms with E-state index in [1.54, 1.807) is 23.9 Å². The number of rotatable bonds is 5. The van der Waals surface area contributed by atoms with Gasteiger partial charge in [0, 0.05) is 37.6 Å². The quantitative estimate of drug-likeness (QED) is 0.887. The van der Waals surface area contributed by atoms with Gasteiger partial charge in [0.2, 0.25) is 5.88 Å². The highest BCUT2D eigenvalue weighted by atomic mass is 16.5. The maximum absolute atomic E-state index is 12.8. The van der Waals surface area contributed by atoms with Crippen molar-refractivity contribution in [1.29, 1.82) is 5.26 Å². The van der Waals surface area contributed by atoms with Crippen molar-refractivity contribution in [2.45, 2.75) is 26.3 Å². The number of aromatic nitrogens is 1. The Morgan fingerprint density at radius 3 is 2.58 bits per heavy atom. The van der Waals surface area contributed by atoms with E-state index in [4.69, 9.17) is 9.15 Å². The van der Waals surface area contributed by atoms with E-state index in [9.17, 15) is 10.1 Å². The number of ether oxygens (including phenoxy) is 1. The number of hydrogen-bond acceptors (Lipinski definition) is 5. The summed E-state index contributed by atoms with van der Waals surface area (Å²) in [4.78, 5) is 15.1. The molecule has 0 spiro atoms. The van der Waals surface area contributed by atoms with Crippen LogP contribution in [0.1, 0.15) is 35.5 Å². The first-order chi connectivity index (χ1) is 12.4. The normalized spacial score (nSPS) is 15.6. The molecule has 138 valence electrons. The van der Waals surface area contributed by atoms with E-state index >= 15 is 0 Å². The van der Waals surface area contributed by atoms with Crippen molar-refractivity contribution in [2.24, 2.45) is 0 Å². The van der Waals surface area contributed by atoms with E-state index in [-0.39, 0.29) is 17.0 Å². The Hall–Kier alpha value is -2.56. The van der Waals surface area contributed by atoms with Gasteiger partial charge in [-0.15, -0.1) is 0 Å². The largest absolute Gasteiger partial charge is 0.443 e. The lowest BCUT2D eigenvalue weighted by Crippen LogP contribution is -2.55. The second kappa shape index (κ2) is 7.36. The Labute approximate surface area is 153 Å². The maximum Gasteiger partial charge on any atom is 0.256 e. The highest BCUT2D eigenvalue weighted by molar-refractivity contribution is 5.98. The summed E-state index contributed by atoms with van der Waals surface area (Å²) in [5, 5.41) is 12.5. The molecular formula is C19H24N4O3. The molecule has 3 rings (SSSR count). The van der Waals surface area contributed by atoms with Crippen LogP contribution >= 0.6 is 0 Å². The lowest BCUT2D eigenvalue weighted by atomic mass is 10.0. The number of furan rings is 1. The van der Waals surface area contributed by atoms with E-state index in [0.717, 1.165) is 13.1 Å². The summed E-state index contributed by atoms with van der Waals surface area (Å²) >= 11 is 0. The molecule has 2 aromatic rings. The van der Waals surface area contributed by atoms with Gasteiger partial charge in [-0.05, 0) is 32.9 Å². The van der Waals surface area contributed by atoms with Gasteiger partial charge in [0.25, 0.3) is 5.91 Å². The number of nitriles is 1. The fourth-order valence-electron chi connectivity index (χ4n) is 3.22. The molecule has 2 aromatic heterocycles. The van der Waals surface area contributed by atoms with Gasteiger partial charge in [0.1, 0.15) is 23.0 Å². The van der Waals surface area contributed by atoms with Gasteiger partial charge in [-0.1, -0.05) is 0 Å². The zero-order valence-corrected chi connectivity index (χ0v) is 15.4. The van der Waals surface area contributed by atoms with E-state index in [1.165, 1.54) is 0 Å². The van der Waals surface area contributed by atoms with Crippen molar-refractivity contribution in [3.05, 3.63) is 41.4 Å². The summed E-state index contributed by atoms with van der Waals surface area (Å²) in [5.41, 5.74) is 0.349. The van der Waals surface area contributed by atoms with Crippen molar-refractivity contribution in [3.63, 3.8) is 0 Å². The summed E-state index contributed by atoms with van der Waals surface area (Å²) in [7, 11) is 0. The van der Waals surface area contributed by atoms with Gasteiger partial charge < -0.3 is 14.5 Å². The van der Waals surface area contributed by atoms with Crippen LogP contribution in [0.15, 0.2) is 28.9 Å². The predicted octanol–water partition coefficient (Wildman–Crippen LogP) is 2.09. The van der Waals surface area contributed by atoms with E-state index in [2.05, 4.69) is 30.1 Å². The predicted molar refractivity (Wildman–Crippen MR) is 96.3 cm³/mol. The van der Waals surface area contributed by atoms with Gasteiger partial charge in [0.15, 0.2) is 0 Å². The lowest BCUT2D eigenvalue weighted by molar-refractivity contribution is -0.00923. The summed E-state index contributed by atoms with van der Waals surface area (Å²) in [6, 6.07) is 5.79. The third-order valence-corrected chi connectivity index (χ3v) is 4.79. The van der Waals surface area contributed by atoms with Crippen LogP contribution in [0.5, 0.6) is 0 Å². The number of hydrogen-bond donors (Lipinski definition) is 1. The maximum atomic E-state index is 12.8. The average molecular weight is 356 g/mol. The van der Waals surface area contributed by atoms with E-state index in [0.29, 0.717) is 37.0 Å². The van der Waals surface area contributed by atoms with E-state index in [1.807, 2.05) is 12.1 Å². The van der Waals surface area contributed by atoms with Crippen LogP contribution in [0.3, 0.4) is 0 Å². The molecule has 0 aromatic carbocycles. The zero-order valence-electron chi connectivity index (χ0n) is 15.4. The van der Waals surface area contributed by atoms with Crippen LogP contribution in [0, 0.1) is 18.3 Å². The SMILES string of the molecule is Cc1oc(-n2cccc2)c(C#N)c1C(=O)NCC(C)(C)N1CCOCC1. The molecule has 0 aliphatic carbocycles. The van der Waals surface area contributed by atoms with Gasteiger partial charge in [0.05, 0.1) is 13.2 Å². The monoisotopic (exact) mass is 356 g/mol. The fraction of sp³-hybridized carbons (Fsp3) is 0.474. The molecule has 1 N–H and O–H groups in total. The molecule has 26 heavy (non-hydrogen) atoms. The number of amides is 1. The number of aryl methyl sites for hydroxylation is 1. The summed E-state index contributed by atoms with van der Waals surface area (Å²) in [5.74, 6) is 0.516. The molecule has 1 saturated heterocycles. The van der Waals surface area contributed by atoms with Crippen LogP contribution < -0.4 is 5.32 Å². The van der Waals surface area contributed by atoms with Crippen molar-refractivity contribution in [2.75, 3.05) is 32.8 Å². The lowest BCUT2D eigenvalue weighted by Gasteiger charge is -2.40. The zero-order chi connectivity index (χ0) is 18.7. The third kappa shape index (κ3) is 3.52. The molecule has 7 heteroatoms. The molecule has 1 aliphatic heterocycles. The van der Waals surface area contributed by atoms with Gasteiger partial charge in [-0.3, -0.25) is 14.3 Å². The molecule has 1 aliphatic rings. The minimum Gasteiger partial charge on any atom is -0.443 e. The Kier molecular flexibility index (Phi) is 5.16. The second-order valence-electron chi connectivity index (χ2n) is 7.01. The molecule has 0 unspecified atom stereocenters. The highest BCUT2D eigenvalue weighted by Gasteiger charge is 2.30. The minimum atomic E-state index is -0.289. The molecule has 7 nitrogen and oxygen atoms in total. The van der Waals surface area contributed by atoms with Crippen LogP contribution in [0.25, 0.3) is 5.88 Å². The van der Waals surface area contributed by atoms with Crippen LogP contribution in [0.4, 0.5) is 0 Å². The molecule has 0 saturated carbocycles. The molecule has 3 heterocycles. The van der Waals surface area contributed by atoms with E-state index < -0.39 is 0 Å². The number of nitrogens with zero attached hydrogens (tertiary/aromatic N) is 3. The molecule has 1 amide bonds. The second-order valence-corrected chi connectivity index (χ2v) is 7.01. The van der Waals surface area contributed by atoms with Gasteiger partial charge in [-0.25, -0.2) is 0 Å². The Balaban J connectivity index is 1.77. The first-order valence-corrected chi connectivity index (χ1v) is 8.72. The first kappa shape index (κ1) is 18.2. The Morgan fingerprint density at radius 1 is 1.31 bits per heavy atom. The highest BCUT2D eigenvalue weighted by Crippen LogP contribution is 2.25. The summed E-state index contributed by atoms with van der Waals surface area (Å²) < 4.78 is 12.8. The smallest absolute Gasteiger partial charge is 0.256 e. The molecule has 0 bridgehead atoms. The van der Waals surface area contributed by atoms with Crippen LogP contribution in [-0.4, -0.2) is 53.8 Å². The van der Waals surface area contributed by atoms with Crippen LogP contribution in [-0.2, 0) is 4.74 Å². The standard InChI is InChI=1S/C19H24N4O3/c1-14-16(15(12-20)18(26-14)22-6-4-5-7-22)17(24)21-13-19(2,3)23-8-10-25-11-9-23/h4-7H,8-11,13H2,1-3H3,(H,21,24). The summed E-state index contributed by atoms with van der Waals surface area (Å²) in [6.07, 6.45) is 3.56. The molecule has 1 fully saturated rings. The van der Waals surface area contributed by atoms with Crippen molar-refractivity contribution >= 4 is 5.91 Å². The molecular weight excluding hydrogens is 332 g/mol. The van der Waals surface area contributed by atoms with Gasteiger partial charge in [-0.2, -0.15) is 5.26 Å². The average Bonchev–Trinajstić information content (AvgIpc) is 3.27. The Bertz CT molecular complexity index is 809. The van der Waals surface area contributed by atoms with Crippen molar-refractivity contribution < 1.29 is 13.9 Å². The number of morpholine rings is 1. The minimum absolute atomic E-state index is 0.201. The number of carbonyl (C=O) groups excluding carboxylic acids is 1. The van der Waals surface area contributed by atoms with Gasteiger partial charge >= 0.3 is 0 Å². The topological polar surface area (TPSA) is 83.4 Å². The molecule has 0 radical (unpaired) electrons. The molecule has 0 atom stereocenters. The van der Waals surface area contributed by atoms with Crippen LogP contribution in [0.2, 0.25) is 0 Å². The Morgan fingerprint density at radius 2 is 1.96 bits per heavy atom. The van der Waals surface area contributed by atoms with Crippen molar-refractivity contribution in [3.8, 4) is 12.0 Å². The number of nitrogens with one attached hydrogen (secondary N) is 1. The number of carbonyl (C=O) groups is 1. The fourth-order valence-corrected chi connectivity index (χ4v) is 3.22. The third-order valence-electron chi connectivity index (χ3n) is 4.79. The van der Waals surface area contributed by atoms with Crippen molar-refractivity contribution in [1.82, 2.24) is 14.8 Å². The first-order valence-electron chi connectivity index (χ1n) is 8.72. The summed E-state index contributed by atoms with van der Waals surface area (Å²) in [6.45, 7) is 9.46.